The molecule has 7 heteroatoms. The highest BCUT2D eigenvalue weighted by molar-refractivity contribution is 14.1. The Labute approximate surface area is 133 Å². The number of carbonyl (C=O) groups excluding carboxylic acids is 1. The molecular formula is C13H8ClIN2O3. The molecule has 2 N–H and O–H groups in total. The van der Waals surface area contributed by atoms with Gasteiger partial charge in [0.1, 0.15) is 5.82 Å². The minimum Gasteiger partial charge on any atom is -0.477 e. The molecule has 2 rings (SSSR count). The summed E-state index contributed by atoms with van der Waals surface area (Å²) in [5, 5.41) is 11.8. The lowest BCUT2D eigenvalue weighted by molar-refractivity contribution is 0.0690. The summed E-state index contributed by atoms with van der Waals surface area (Å²) < 4.78 is 0.840. The maximum atomic E-state index is 12.0. The molecule has 1 aromatic heterocycles. The van der Waals surface area contributed by atoms with Crippen molar-refractivity contribution in [1.29, 1.82) is 0 Å². The van der Waals surface area contributed by atoms with Crippen molar-refractivity contribution >= 4 is 51.9 Å². The molecule has 1 amide bonds. The average molecular weight is 403 g/mol. The highest BCUT2D eigenvalue weighted by Gasteiger charge is 2.10. The van der Waals surface area contributed by atoms with Crippen molar-refractivity contribution in [2.24, 2.45) is 0 Å². The van der Waals surface area contributed by atoms with Crippen molar-refractivity contribution in [2.45, 2.75) is 0 Å². The van der Waals surface area contributed by atoms with E-state index >= 15 is 0 Å². The predicted molar refractivity (Wildman–Crippen MR) is 83.3 cm³/mol. The first-order valence-electron chi connectivity index (χ1n) is 5.44. The van der Waals surface area contributed by atoms with Crippen molar-refractivity contribution in [3.05, 3.63) is 56.2 Å². The Kier molecular flexibility index (Phi) is 4.56. The van der Waals surface area contributed by atoms with Crippen LogP contribution in [0.2, 0.25) is 5.02 Å². The number of halogens is 2. The summed E-state index contributed by atoms with van der Waals surface area (Å²) in [4.78, 5) is 26.6. The Bertz CT molecular complexity index is 691. The number of aromatic carboxylic acids is 1. The lowest BCUT2D eigenvalue weighted by Crippen LogP contribution is -2.14. The number of hydrogen-bond donors (Lipinski definition) is 2. The minimum atomic E-state index is -1.15. The van der Waals surface area contributed by atoms with Gasteiger partial charge in [-0.3, -0.25) is 4.79 Å². The van der Waals surface area contributed by atoms with Crippen LogP contribution >= 0.6 is 34.2 Å². The van der Waals surface area contributed by atoms with Crippen LogP contribution in [0, 0.1) is 3.57 Å². The molecule has 0 aliphatic rings. The topological polar surface area (TPSA) is 79.3 Å². The van der Waals surface area contributed by atoms with Gasteiger partial charge in [0.2, 0.25) is 0 Å². The fourth-order valence-electron chi connectivity index (χ4n) is 1.45. The first-order valence-corrected chi connectivity index (χ1v) is 6.90. The molecule has 0 fully saturated rings. The fourth-order valence-corrected chi connectivity index (χ4v) is 1.97. The quantitative estimate of drug-likeness (QED) is 0.772. The molecule has 0 bridgehead atoms. The van der Waals surface area contributed by atoms with Crippen molar-refractivity contribution in [2.75, 3.05) is 5.32 Å². The second-order valence-electron chi connectivity index (χ2n) is 3.80. The fraction of sp³-hybridized carbons (Fsp3) is 0. The number of pyridine rings is 1. The van der Waals surface area contributed by atoms with Gasteiger partial charge in [-0.05, 0) is 52.9 Å². The van der Waals surface area contributed by atoms with Crippen LogP contribution in [0.4, 0.5) is 5.82 Å². The van der Waals surface area contributed by atoms with Crippen LogP contribution in [0.15, 0.2) is 36.4 Å². The van der Waals surface area contributed by atoms with Gasteiger partial charge in [-0.2, -0.15) is 0 Å². The largest absolute Gasteiger partial charge is 0.477 e. The molecule has 0 atom stereocenters. The van der Waals surface area contributed by atoms with E-state index in [2.05, 4.69) is 32.9 Å². The van der Waals surface area contributed by atoms with Crippen LogP contribution < -0.4 is 5.32 Å². The van der Waals surface area contributed by atoms with Gasteiger partial charge in [0.25, 0.3) is 5.91 Å². The molecule has 0 aliphatic carbocycles. The van der Waals surface area contributed by atoms with E-state index < -0.39 is 11.9 Å². The zero-order valence-corrected chi connectivity index (χ0v) is 12.8. The molecule has 0 unspecified atom stereocenters. The van der Waals surface area contributed by atoms with Gasteiger partial charge in [0, 0.05) is 9.13 Å². The third-order valence-corrected chi connectivity index (χ3v) is 3.96. The Balaban J connectivity index is 2.21. The van der Waals surface area contributed by atoms with Gasteiger partial charge < -0.3 is 10.4 Å². The van der Waals surface area contributed by atoms with Gasteiger partial charge in [-0.15, -0.1) is 0 Å². The summed E-state index contributed by atoms with van der Waals surface area (Å²) in [5.74, 6) is -1.39. The van der Waals surface area contributed by atoms with Gasteiger partial charge in [0.05, 0.1) is 5.02 Å². The van der Waals surface area contributed by atoms with Crippen LogP contribution in [-0.4, -0.2) is 22.0 Å². The van der Waals surface area contributed by atoms with Crippen molar-refractivity contribution in [3.63, 3.8) is 0 Å². The lowest BCUT2D eigenvalue weighted by atomic mass is 10.2. The molecule has 1 aromatic carbocycles. The first-order chi connectivity index (χ1) is 9.47. The molecule has 2 aromatic rings. The molecule has 1 heterocycles. The first kappa shape index (κ1) is 14.7. The summed E-state index contributed by atoms with van der Waals surface area (Å²) in [6, 6.07) is 9.26. The van der Waals surface area contributed by atoms with E-state index in [4.69, 9.17) is 16.7 Å². The maximum absolute atomic E-state index is 12.0. The van der Waals surface area contributed by atoms with Crippen LogP contribution in [0.1, 0.15) is 20.8 Å². The third kappa shape index (κ3) is 3.45. The summed E-state index contributed by atoms with van der Waals surface area (Å²) in [5.41, 5.74) is 0.237. The average Bonchev–Trinajstić information content (AvgIpc) is 2.42. The smallest absolute Gasteiger partial charge is 0.354 e. The number of rotatable bonds is 3. The monoisotopic (exact) mass is 402 g/mol. The number of benzene rings is 1. The lowest BCUT2D eigenvalue weighted by Gasteiger charge is -2.06. The molecule has 102 valence electrons. The summed E-state index contributed by atoms with van der Waals surface area (Å²) >= 11 is 8.01. The van der Waals surface area contributed by atoms with E-state index in [1.54, 1.807) is 18.2 Å². The number of carbonyl (C=O) groups is 2. The molecule has 5 nitrogen and oxygen atoms in total. The van der Waals surface area contributed by atoms with Crippen LogP contribution in [0.25, 0.3) is 0 Å². The summed E-state index contributed by atoms with van der Waals surface area (Å²) in [6.07, 6.45) is 0. The zero-order chi connectivity index (χ0) is 14.7. The Morgan fingerprint density at radius 1 is 1.25 bits per heavy atom. The van der Waals surface area contributed by atoms with Crippen LogP contribution in [-0.2, 0) is 0 Å². The molecule has 0 radical (unpaired) electrons. The number of nitrogens with zero attached hydrogens (tertiary/aromatic N) is 1. The van der Waals surface area contributed by atoms with E-state index in [1.807, 2.05) is 0 Å². The number of carboxylic acid groups (broad SMARTS) is 1. The van der Waals surface area contributed by atoms with Gasteiger partial charge in [0.15, 0.2) is 5.69 Å². The second kappa shape index (κ2) is 6.19. The molecule has 0 saturated heterocycles. The number of hydrogen-bond acceptors (Lipinski definition) is 3. The standard InChI is InChI=1S/C13H8ClIN2O3/c14-8-6-7(4-5-9(8)15)12(18)17-11-3-1-2-10(16-11)13(19)20/h1-6H,(H,19,20)(H,16,17,18). The SMILES string of the molecule is O=C(Nc1cccc(C(=O)O)n1)c1ccc(I)c(Cl)c1. The molecule has 0 saturated carbocycles. The summed E-state index contributed by atoms with van der Waals surface area (Å²) in [7, 11) is 0. The highest BCUT2D eigenvalue weighted by Crippen LogP contribution is 2.20. The number of aromatic nitrogens is 1. The van der Waals surface area contributed by atoms with Gasteiger partial charge in [-0.1, -0.05) is 17.7 Å². The van der Waals surface area contributed by atoms with Crippen LogP contribution in [0.5, 0.6) is 0 Å². The third-order valence-electron chi connectivity index (χ3n) is 2.39. The number of amides is 1. The normalized spacial score (nSPS) is 10.1. The highest BCUT2D eigenvalue weighted by atomic mass is 127. The number of anilines is 1. The van der Waals surface area contributed by atoms with Crippen LogP contribution in [0.3, 0.4) is 0 Å². The molecule has 0 spiro atoms. The van der Waals surface area contributed by atoms with Crippen molar-refractivity contribution in [1.82, 2.24) is 4.98 Å². The zero-order valence-electron chi connectivity index (χ0n) is 9.93. The predicted octanol–water partition coefficient (Wildman–Crippen LogP) is 3.29. The molecule has 20 heavy (non-hydrogen) atoms. The Morgan fingerprint density at radius 3 is 2.65 bits per heavy atom. The van der Waals surface area contributed by atoms with E-state index in [0.717, 1.165) is 3.57 Å². The van der Waals surface area contributed by atoms with E-state index in [0.29, 0.717) is 10.6 Å². The number of nitrogens with one attached hydrogen (secondary N) is 1. The molecule has 0 aliphatic heterocycles. The Hall–Kier alpha value is -1.67. The summed E-state index contributed by atoms with van der Waals surface area (Å²) in [6.45, 7) is 0. The Morgan fingerprint density at radius 2 is 2.00 bits per heavy atom. The van der Waals surface area contributed by atoms with Crippen molar-refractivity contribution in [3.8, 4) is 0 Å². The van der Waals surface area contributed by atoms with E-state index in [1.165, 1.54) is 18.2 Å². The van der Waals surface area contributed by atoms with E-state index in [9.17, 15) is 9.59 Å². The number of carboxylic acids is 1. The molecular weight excluding hydrogens is 395 g/mol. The van der Waals surface area contributed by atoms with Crippen molar-refractivity contribution < 1.29 is 14.7 Å². The second-order valence-corrected chi connectivity index (χ2v) is 5.37. The van der Waals surface area contributed by atoms with E-state index in [-0.39, 0.29) is 11.5 Å². The maximum Gasteiger partial charge on any atom is 0.354 e. The van der Waals surface area contributed by atoms with Gasteiger partial charge >= 0.3 is 5.97 Å². The minimum absolute atomic E-state index is 0.136. The van der Waals surface area contributed by atoms with Gasteiger partial charge in [-0.25, -0.2) is 9.78 Å².